The lowest BCUT2D eigenvalue weighted by molar-refractivity contribution is -0.384. The maximum absolute atomic E-state index is 10.7. The van der Waals surface area contributed by atoms with Gasteiger partial charge in [0.15, 0.2) is 0 Å². The molecular formula is C13H18ClN3O2. The Balaban J connectivity index is 2.15. The van der Waals surface area contributed by atoms with E-state index in [2.05, 4.69) is 4.90 Å². The highest BCUT2D eigenvalue weighted by molar-refractivity contribution is 6.33. The minimum atomic E-state index is -0.427. The Labute approximate surface area is 117 Å². The maximum Gasteiger partial charge on any atom is 0.271 e. The number of nitrogens with zero attached hydrogens (tertiary/aromatic N) is 2. The quantitative estimate of drug-likeness (QED) is 0.681. The van der Waals surface area contributed by atoms with Crippen LogP contribution in [0.15, 0.2) is 18.2 Å². The van der Waals surface area contributed by atoms with Crippen molar-refractivity contribution in [3.05, 3.63) is 33.3 Å². The van der Waals surface area contributed by atoms with Crippen LogP contribution in [0.25, 0.3) is 0 Å². The number of anilines is 1. The molecule has 5 nitrogen and oxygen atoms in total. The topological polar surface area (TPSA) is 72.4 Å². The minimum Gasteiger partial charge on any atom is -0.370 e. The summed E-state index contributed by atoms with van der Waals surface area (Å²) >= 11 is 6.16. The van der Waals surface area contributed by atoms with E-state index >= 15 is 0 Å². The Morgan fingerprint density at radius 3 is 2.95 bits per heavy atom. The molecule has 0 aliphatic carbocycles. The van der Waals surface area contributed by atoms with Crippen molar-refractivity contribution in [3.63, 3.8) is 0 Å². The van der Waals surface area contributed by atoms with Gasteiger partial charge in [-0.15, -0.1) is 0 Å². The Morgan fingerprint density at radius 1 is 1.53 bits per heavy atom. The summed E-state index contributed by atoms with van der Waals surface area (Å²) in [6.07, 6.45) is 3.32. The zero-order valence-corrected chi connectivity index (χ0v) is 11.5. The normalized spacial score (nSPS) is 19.5. The molecule has 19 heavy (non-hydrogen) atoms. The van der Waals surface area contributed by atoms with Crippen molar-refractivity contribution in [1.82, 2.24) is 0 Å². The molecule has 0 amide bonds. The molecule has 0 saturated carbocycles. The van der Waals surface area contributed by atoms with Crippen molar-refractivity contribution in [2.75, 3.05) is 24.5 Å². The van der Waals surface area contributed by atoms with Crippen LogP contribution in [0.2, 0.25) is 5.02 Å². The summed E-state index contributed by atoms with van der Waals surface area (Å²) in [5, 5.41) is 11.1. The second-order valence-corrected chi connectivity index (χ2v) is 5.33. The Hall–Kier alpha value is -1.33. The van der Waals surface area contributed by atoms with Gasteiger partial charge in [-0.05, 0) is 37.8 Å². The first-order valence-corrected chi connectivity index (χ1v) is 6.88. The van der Waals surface area contributed by atoms with Crippen molar-refractivity contribution in [2.24, 2.45) is 11.7 Å². The van der Waals surface area contributed by atoms with Crippen molar-refractivity contribution in [3.8, 4) is 0 Å². The van der Waals surface area contributed by atoms with E-state index in [0.717, 1.165) is 31.6 Å². The van der Waals surface area contributed by atoms with Gasteiger partial charge in [-0.1, -0.05) is 11.6 Å². The zero-order valence-electron chi connectivity index (χ0n) is 10.7. The maximum atomic E-state index is 10.7. The highest BCUT2D eigenvalue weighted by Gasteiger charge is 2.22. The summed E-state index contributed by atoms with van der Waals surface area (Å²) in [7, 11) is 0. The van der Waals surface area contributed by atoms with Crippen molar-refractivity contribution in [1.29, 1.82) is 0 Å². The highest BCUT2D eigenvalue weighted by Crippen LogP contribution is 2.33. The van der Waals surface area contributed by atoms with E-state index in [4.69, 9.17) is 17.3 Å². The molecule has 1 heterocycles. The van der Waals surface area contributed by atoms with Gasteiger partial charge in [-0.2, -0.15) is 0 Å². The molecule has 0 spiro atoms. The molecule has 1 aliphatic rings. The summed E-state index contributed by atoms with van der Waals surface area (Å²) in [6, 6.07) is 4.67. The van der Waals surface area contributed by atoms with Crippen molar-refractivity contribution >= 4 is 23.0 Å². The molecule has 104 valence electrons. The van der Waals surface area contributed by atoms with E-state index in [0.29, 0.717) is 17.5 Å². The van der Waals surface area contributed by atoms with Crippen LogP contribution in [0, 0.1) is 16.0 Å². The highest BCUT2D eigenvalue weighted by atomic mass is 35.5. The van der Waals surface area contributed by atoms with E-state index in [9.17, 15) is 10.1 Å². The first-order valence-electron chi connectivity index (χ1n) is 6.50. The van der Waals surface area contributed by atoms with Gasteiger partial charge in [-0.25, -0.2) is 0 Å². The first-order chi connectivity index (χ1) is 9.11. The largest absolute Gasteiger partial charge is 0.370 e. The fourth-order valence-electron chi connectivity index (χ4n) is 2.62. The molecule has 2 rings (SSSR count). The third-order valence-corrected chi connectivity index (χ3v) is 3.88. The summed E-state index contributed by atoms with van der Waals surface area (Å²) in [5.74, 6) is 0.588. The average molecular weight is 284 g/mol. The number of halogens is 1. The van der Waals surface area contributed by atoms with Gasteiger partial charge in [0.1, 0.15) is 0 Å². The van der Waals surface area contributed by atoms with Gasteiger partial charge < -0.3 is 10.6 Å². The van der Waals surface area contributed by atoms with Crippen LogP contribution in [-0.2, 0) is 0 Å². The molecule has 1 atom stereocenters. The molecule has 0 radical (unpaired) electrons. The molecule has 2 N–H and O–H groups in total. The minimum absolute atomic E-state index is 0.0317. The standard InChI is InChI=1S/C13H18ClN3O2/c14-12-8-11(17(18)19)3-4-13(12)16-7-1-2-10(9-16)5-6-15/h3-4,8,10H,1-2,5-7,9,15H2. The summed E-state index contributed by atoms with van der Waals surface area (Å²) < 4.78 is 0. The van der Waals surface area contributed by atoms with Gasteiger partial charge in [0, 0.05) is 25.2 Å². The predicted molar refractivity (Wildman–Crippen MR) is 76.7 cm³/mol. The number of nitrogens with two attached hydrogens (primary N) is 1. The molecule has 1 unspecified atom stereocenters. The SMILES string of the molecule is NCCC1CCCN(c2ccc([N+](=O)[O-])cc2Cl)C1. The van der Waals surface area contributed by atoms with Crippen LogP contribution in [0.5, 0.6) is 0 Å². The van der Waals surface area contributed by atoms with Gasteiger partial charge in [0.05, 0.1) is 15.6 Å². The lowest BCUT2D eigenvalue weighted by atomic mass is 9.94. The fraction of sp³-hybridized carbons (Fsp3) is 0.538. The van der Waals surface area contributed by atoms with Crippen LogP contribution in [0.3, 0.4) is 0 Å². The predicted octanol–water partition coefficient (Wildman–Crippen LogP) is 2.81. The molecular weight excluding hydrogens is 266 g/mol. The molecule has 0 aromatic heterocycles. The van der Waals surface area contributed by atoms with Crippen molar-refractivity contribution < 1.29 is 4.92 Å². The lowest BCUT2D eigenvalue weighted by Crippen LogP contribution is -2.36. The number of rotatable bonds is 4. The number of hydrogen-bond acceptors (Lipinski definition) is 4. The number of piperidine rings is 1. The van der Waals surface area contributed by atoms with E-state index in [1.165, 1.54) is 18.6 Å². The van der Waals surface area contributed by atoms with Gasteiger partial charge >= 0.3 is 0 Å². The molecule has 1 saturated heterocycles. The Morgan fingerprint density at radius 2 is 2.32 bits per heavy atom. The van der Waals surface area contributed by atoms with E-state index in [1.807, 2.05) is 0 Å². The van der Waals surface area contributed by atoms with Gasteiger partial charge in [-0.3, -0.25) is 10.1 Å². The number of nitro groups is 1. The van der Waals surface area contributed by atoms with E-state index < -0.39 is 4.92 Å². The second kappa shape index (κ2) is 6.21. The second-order valence-electron chi connectivity index (χ2n) is 4.92. The summed E-state index contributed by atoms with van der Waals surface area (Å²) in [4.78, 5) is 12.5. The Kier molecular flexibility index (Phi) is 4.61. The molecule has 1 aromatic rings. The average Bonchev–Trinajstić information content (AvgIpc) is 2.39. The van der Waals surface area contributed by atoms with Crippen LogP contribution in [0.4, 0.5) is 11.4 Å². The number of nitro benzene ring substituents is 1. The number of hydrogen-bond donors (Lipinski definition) is 1. The van der Waals surface area contributed by atoms with Crippen LogP contribution >= 0.6 is 11.6 Å². The smallest absolute Gasteiger partial charge is 0.271 e. The van der Waals surface area contributed by atoms with Crippen molar-refractivity contribution in [2.45, 2.75) is 19.3 Å². The molecule has 0 bridgehead atoms. The van der Waals surface area contributed by atoms with Crippen LogP contribution in [-0.4, -0.2) is 24.6 Å². The number of benzene rings is 1. The van der Waals surface area contributed by atoms with Crippen LogP contribution in [0.1, 0.15) is 19.3 Å². The zero-order chi connectivity index (χ0) is 13.8. The van der Waals surface area contributed by atoms with Gasteiger partial charge in [0.25, 0.3) is 5.69 Å². The van der Waals surface area contributed by atoms with E-state index in [-0.39, 0.29) is 5.69 Å². The summed E-state index contributed by atoms with van der Waals surface area (Å²) in [5.41, 5.74) is 6.52. The molecule has 1 aliphatic heterocycles. The Bertz CT molecular complexity index is 465. The molecule has 1 fully saturated rings. The first kappa shape index (κ1) is 14.1. The summed E-state index contributed by atoms with van der Waals surface area (Å²) in [6.45, 7) is 2.57. The third-order valence-electron chi connectivity index (χ3n) is 3.58. The third kappa shape index (κ3) is 3.36. The van der Waals surface area contributed by atoms with Gasteiger partial charge in [0.2, 0.25) is 0 Å². The van der Waals surface area contributed by atoms with Crippen LogP contribution < -0.4 is 10.6 Å². The lowest BCUT2D eigenvalue weighted by Gasteiger charge is -2.34. The monoisotopic (exact) mass is 283 g/mol. The van der Waals surface area contributed by atoms with E-state index in [1.54, 1.807) is 6.07 Å². The fourth-order valence-corrected chi connectivity index (χ4v) is 2.92. The number of non-ortho nitro benzene ring substituents is 1. The molecule has 1 aromatic carbocycles. The molecule has 6 heteroatoms.